The van der Waals surface area contributed by atoms with Gasteiger partial charge in [-0.25, -0.2) is 0 Å². The number of allylic oxidation sites excluding steroid dienone is 8. The molecule has 0 amide bonds. The summed E-state index contributed by atoms with van der Waals surface area (Å²) in [5.41, 5.74) is 4.67. The lowest BCUT2D eigenvalue weighted by atomic mass is 9.71. The minimum absolute atomic E-state index is 0.0730. The number of hydrogen-bond donors (Lipinski definition) is 2. The first kappa shape index (κ1) is 18.7. The first-order chi connectivity index (χ1) is 10.3. The number of aliphatic hydroxyl groups excluding tert-OH is 2. The Balaban J connectivity index is 2.86. The van der Waals surface area contributed by atoms with Gasteiger partial charge in [-0.15, -0.1) is 0 Å². The third-order valence-corrected chi connectivity index (χ3v) is 4.34. The Bertz CT molecular complexity index is 528. The van der Waals surface area contributed by atoms with Crippen LogP contribution in [0, 0.1) is 5.41 Å². The largest absolute Gasteiger partial charge is 0.392 e. The number of rotatable bonds is 5. The topological polar surface area (TPSA) is 40.5 Å². The molecule has 1 rings (SSSR count). The van der Waals surface area contributed by atoms with E-state index < -0.39 is 0 Å². The SMILES string of the molecule is CC1=C(/C=C/C(C)=C\C=C\C(C)=C\CO)C(C)(C)CC[C@@H]1O. The maximum atomic E-state index is 10.1. The maximum Gasteiger partial charge on any atom is 0.0753 e. The third-order valence-electron chi connectivity index (χ3n) is 4.34. The van der Waals surface area contributed by atoms with Crippen LogP contribution in [-0.4, -0.2) is 22.9 Å². The molecular weight excluding hydrogens is 272 g/mol. The van der Waals surface area contributed by atoms with Crippen LogP contribution in [0.1, 0.15) is 47.5 Å². The molecule has 22 heavy (non-hydrogen) atoms. The van der Waals surface area contributed by atoms with Gasteiger partial charge in [0.25, 0.3) is 0 Å². The predicted molar refractivity (Wildman–Crippen MR) is 94.6 cm³/mol. The molecule has 0 fully saturated rings. The van der Waals surface area contributed by atoms with Gasteiger partial charge in [-0.1, -0.05) is 61.4 Å². The predicted octanol–water partition coefficient (Wildman–Crippen LogP) is 4.48. The molecule has 2 nitrogen and oxygen atoms in total. The number of hydrogen-bond acceptors (Lipinski definition) is 2. The van der Waals surface area contributed by atoms with E-state index in [-0.39, 0.29) is 18.1 Å². The smallest absolute Gasteiger partial charge is 0.0753 e. The van der Waals surface area contributed by atoms with Crippen LogP contribution in [-0.2, 0) is 0 Å². The second kappa shape index (κ2) is 8.30. The van der Waals surface area contributed by atoms with Crippen molar-refractivity contribution in [1.82, 2.24) is 0 Å². The summed E-state index contributed by atoms with van der Waals surface area (Å²) in [6, 6.07) is 0. The quantitative estimate of drug-likeness (QED) is 0.735. The zero-order chi connectivity index (χ0) is 16.8. The maximum absolute atomic E-state index is 10.1. The van der Waals surface area contributed by atoms with Crippen molar-refractivity contribution in [3.05, 3.63) is 58.7 Å². The van der Waals surface area contributed by atoms with Crippen LogP contribution in [0.3, 0.4) is 0 Å². The molecule has 122 valence electrons. The van der Waals surface area contributed by atoms with Gasteiger partial charge in [0.05, 0.1) is 12.7 Å². The first-order valence-electron chi connectivity index (χ1n) is 7.98. The van der Waals surface area contributed by atoms with Crippen LogP contribution in [0.2, 0.25) is 0 Å². The molecule has 0 aromatic heterocycles. The van der Waals surface area contributed by atoms with E-state index in [4.69, 9.17) is 5.11 Å². The van der Waals surface area contributed by atoms with E-state index in [1.807, 2.05) is 32.1 Å². The van der Waals surface area contributed by atoms with E-state index in [0.717, 1.165) is 29.6 Å². The normalized spacial score (nSPS) is 23.9. The van der Waals surface area contributed by atoms with Crippen LogP contribution in [0.4, 0.5) is 0 Å². The molecule has 0 saturated carbocycles. The Morgan fingerprint density at radius 3 is 2.55 bits per heavy atom. The molecule has 0 unspecified atom stereocenters. The van der Waals surface area contributed by atoms with Gasteiger partial charge in [-0.3, -0.25) is 0 Å². The van der Waals surface area contributed by atoms with Gasteiger partial charge in [0.15, 0.2) is 0 Å². The molecule has 0 bridgehead atoms. The Morgan fingerprint density at radius 2 is 1.91 bits per heavy atom. The van der Waals surface area contributed by atoms with Crippen LogP contribution in [0.5, 0.6) is 0 Å². The zero-order valence-corrected chi connectivity index (χ0v) is 14.6. The standard InChI is InChI=1S/C20H30O2/c1-15(7-6-8-16(2)12-14-21)9-10-18-17(3)19(22)11-13-20(18,4)5/h6-10,12,19,21-22H,11,13-14H2,1-5H3/b8-6+,10-9+,15-7-,16-12+/t19-/m0/s1. The average molecular weight is 302 g/mol. The zero-order valence-electron chi connectivity index (χ0n) is 14.6. The third kappa shape index (κ3) is 5.43. The summed E-state index contributed by atoms with van der Waals surface area (Å²) >= 11 is 0. The lowest BCUT2D eigenvalue weighted by Crippen LogP contribution is -2.27. The van der Waals surface area contributed by atoms with Gasteiger partial charge in [0.1, 0.15) is 0 Å². The molecule has 1 aliphatic rings. The highest BCUT2D eigenvalue weighted by Gasteiger charge is 2.30. The second-order valence-corrected chi connectivity index (χ2v) is 6.77. The first-order valence-corrected chi connectivity index (χ1v) is 7.98. The lowest BCUT2D eigenvalue weighted by molar-refractivity contribution is 0.163. The summed E-state index contributed by atoms with van der Waals surface area (Å²) in [6.07, 6.45) is 13.6. The van der Waals surface area contributed by atoms with Crippen molar-refractivity contribution in [3.8, 4) is 0 Å². The van der Waals surface area contributed by atoms with Crippen LogP contribution in [0.25, 0.3) is 0 Å². The van der Waals surface area contributed by atoms with Crippen molar-refractivity contribution in [1.29, 1.82) is 0 Å². The molecule has 1 aliphatic carbocycles. The Morgan fingerprint density at radius 1 is 1.23 bits per heavy atom. The highest BCUT2D eigenvalue weighted by molar-refractivity contribution is 5.38. The fraction of sp³-hybridized carbons (Fsp3) is 0.500. The molecular formula is C20H30O2. The summed E-state index contributed by atoms with van der Waals surface area (Å²) in [6.45, 7) is 10.6. The highest BCUT2D eigenvalue weighted by atomic mass is 16.3. The fourth-order valence-corrected chi connectivity index (χ4v) is 2.75. The van der Waals surface area contributed by atoms with E-state index in [2.05, 4.69) is 32.9 Å². The molecule has 0 spiro atoms. The van der Waals surface area contributed by atoms with Gasteiger partial charge >= 0.3 is 0 Å². The van der Waals surface area contributed by atoms with E-state index in [1.165, 1.54) is 5.57 Å². The Kier molecular flexibility index (Phi) is 7.05. The molecule has 2 heteroatoms. The fourth-order valence-electron chi connectivity index (χ4n) is 2.75. The lowest BCUT2D eigenvalue weighted by Gasteiger charge is -2.35. The van der Waals surface area contributed by atoms with Gasteiger partial charge in [-0.05, 0) is 50.2 Å². The van der Waals surface area contributed by atoms with Gasteiger partial charge in [0, 0.05) is 0 Å². The van der Waals surface area contributed by atoms with Crippen molar-refractivity contribution < 1.29 is 10.2 Å². The minimum Gasteiger partial charge on any atom is -0.392 e. The van der Waals surface area contributed by atoms with Crippen molar-refractivity contribution >= 4 is 0 Å². The summed E-state index contributed by atoms with van der Waals surface area (Å²) in [4.78, 5) is 0. The van der Waals surface area contributed by atoms with E-state index >= 15 is 0 Å². The van der Waals surface area contributed by atoms with Crippen molar-refractivity contribution in [2.24, 2.45) is 5.41 Å². The molecule has 0 aromatic carbocycles. The molecule has 0 saturated heterocycles. The molecule has 2 N–H and O–H groups in total. The second-order valence-electron chi connectivity index (χ2n) is 6.77. The Labute approximate surface area is 135 Å². The van der Waals surface area contributed by atoms with Crippen LogP contribution >= 0.6 is 0 Å². The van der Waals surface area contributed by atoms with E-state index in [9.17, 15) is 5.11 Å². The molecule has 0 aromatic rings. The summed E-state index contributed by atoms with van der Waals surface area (Å²) in [7, 11) is 0. The summed E-state index contributed by atoms with van der Waals surface area (Å²) in [5, 5.41) is 18.9. The van der Waals surface area contributed by atoms with Crippen LogP contribution < -0.4 is 0 Å². The van der Waals surface area contributed by atoms with Gasteiger partial charge in [0.2, 0.25) is 0 Å². The summed E-state index contributed by atoms with van der Waals surface area (Å²) in [5.74, 6) is 0. The Hall–Kier alpha value is -1.38. The van der Waals surface area contributed by atoms with E-state index in [0.29, 0.717) is 0 Å². The molecule has 1 atom stereocenters. The van der Waals surface area contributed by atoms with Crippen LogP contribution in [0.15, 0.2) is 58.7 Å². The summed E-state index contributed by atoms with van der Waals surface area (Å²) < 4.78 is 0. The van der Waals surface area contributed by atoms with Gasteiger partial charge < -0.3 is 10.2 Å². The highest BCUT2D eigenvalue weighted by Crippen LogP contribution is 2.40. The average Bonchev–Trinajstić information content (AvgIpc) is 2.43. The minimum atomic E-state index is -0.303. The van der Waals surface area contributed by atoms with E-state index in [1.54, 1.807) is 6.08 Å². The molecule has 0 heterocycles. The van der Waals surface area contributed by atoms with Gasteiger partial charge in [-0.2, -0.15) is 0 Å². The van der Waals surface area contributed by atoms with Crippen molar-refractivity contribution in [3.63, 3.8) is 0 Å². The van der Waals surface area contributed by atoms with Crippen molar-refractivity contribution in [2.75, 3.05) is 6.61 Å². The monoisotopic (exact) mass is 302 g/mol. The molecule has 0 aliphatic heterocycles. The van der Waals surface area contributed by atoms with Crippen molar-refractivity contribution in [2.45, 2.75) is 53.6 Å². The molecule has 0 radical (unpaired) electrons. The number of aliphatic hydroxyl groups is 2.